The Balaban J connectivity index is 0.721. The number of halogens is 2. The molecule has 0 spiro atoms. The number of aromatic hydroxyl groups is 1. The van der Waals surface area contributed by atoms with Gasteiger partial charge in [-0.15, -0.1) is 6.42 Å². The maximum absolute atomic E-state index is 17.2. The number of hydrogen-bond donors (Lipinski definition) is 6. The van der Waals surface area contributed by atoms with Gasteiger partial charge in [0.15, 0.2) is 22.9 Å². The van der Waals surface area contributed by atoms with Gasteiger partial charge in [-0.05, 0) is 118 Å². The molecule has 5 aliphatic rings. The highest BCUT2D eigenvalue weighted by molar-refractivity contribution is 6.11. The second-order valence-electron chi connectivity index (χ2n) is 24.3. The van der Waals surface area contributed by atoms with E-state index in [0.29, 0.717) is 47.8 Å². The van der Waals surface area contributed by atoms with Crippen LogP contribution in [-0.4, -0.2) is 127 Å². The summed E-state index contributed by atoms with van der Waals surface area (Å²) in [5.74, 6) is 1.56. The summed E-state index contributed by atoms with van der Waals surface area (Å²) in [7, 11) is 1.89. The molecule has 1 amide bonds. The number of aliphatic hydroxyl groups excluding tert-OH is 1. The highest BCUT2D eigenvalue weighted by Gasteiger charge is 2.53. The highest BCUT2D eigenvalue weighted by atomic mass is 19.1. The van der Waals surface area contributed by atoms with Crippen molar-refractivity contribution >= 4 is 44.9 Å². The number of amides is 1. The fourth-order valence-corrected chi connectivity index (χ4v) is 13.9. The number of benzene rings is 3. The first-order valence-electron chi connectivity index (χ1n) is 29.3. The van der Waals surface area contributed by atoms with Gasteiger partial charge in [0.05, 0.1) is 41.6 Å². The van der Waals surface area contributed by atoms with E-state index in [4.69, 9.17) is 20.7 Å². The van der Waals surface area contributed by atoms with Gasteiger partial charge in [-0.2, -0.15) is 15.1 Å². The predicted octanol–water partition coefficient (Wildman–Crippen LogP) is 7.93. The minimum absolute atomic E-state index is 0.00195. The summed E-state index contributed by atoms with van der Waals surface area (Å²) in [6.45, 7) is 9.17. The Bertz CT molecular complexity index is 3610. The minimum Gasteiger partial charge on any atom is -0.508 e. The number of aryl methyl sites for hydroxylation is 1. The number of Topliss-reactive ketones (excluding diaryl/α,β-unsaturated/α-hetero) is 1. The zero-order chi connectivity index (χ0) is 57.7. The van der Waals surface area contributed by atoms with Crippen molar-refractivity contribution < 1.29 is 37.8 Å². The number of hydrogen-bond acceptors (Lipinski definition) is 16. The normalized spacial score (nSPS) is 24.1. The fourth-order valence-electron chi connectivity index (χ4n) is 13.9. The Morgan fingerprint density at radius 2 is 1.84 bits per heavy atom. The molecule has 5 fully saturated rings. The molecule has 6 N–H and O–H groups in total. The number of carbonyl (C=O) groups excluding carboxylic acids is 2. The smallest absolute Gasteiger partial charge is 0.319 e. The lowest BCUT2D eigenvalue weighted by Crippen LogP contribution is -2.60. The zero-order valence-electron chi connectivity index (χ0n) is 47.4. The van der Waals surface area contributed by atoms with Gasteiger partial charge in [-0.25, -0.2) is 8.78 Å². The maximum Gasteiger partial charge on any atom is 0.319 e. The van der Waals surface area contributed by atoms with E-state index in [1.807, 2.05) is 58.2 Å². The van der Waals surface area contributed by atoms with E-state index >= 15 is 8.78 Å². The van der Waals surface area contributed by atoms with Gasteiger partial charge >= 0.3 is 6.01 Å². The first-order chi connectivity index (χ1) is 40.0. The average Bonchev–Trinajstić information content (AvgIpc) is 4.20. The zero-order valence-corrected chi connectivity index (χ0v) is 47.4. The van der Waals surface area contributed by atoms with Gasteiger partial charge in [-0.3, -0.25) is 24.6 Å². The molecule has 6 unspecified atom stereocenters. The Kier molecular flexibility index (Phi) is 15.4. The number of fused-ring (bicyclic) bond motifs is 4. The number of ketones is 1. The number of rotatable bonds is 17. The molecule has 0 radical (unpaired) electrons. The predicted molar refractivity (Wildman–Crippen MR) is 312 cm³/mol. The number of phenolic OH excluding ortho intramolecular Hbond substituents is 1. The SMILES string of the molecule is C#Cc1c(F)ccc2cc(O)cc(-c3ncc4c(N5CC6CCC(C5)N6)nc(OCCC5CC(CC6CCCCN6c6cnoc6C(C)(C)CC(=O)[C@@]6(C(=O)N[C@@H](C)c7ccc(-c8ccnn8C)cc7)CC(O)CN6)CCN5)nc4c3F)c12. The third-order valence-corrected chi connectivity index (χ3v) is 18.1. The highest BCUT2D eigenvalue weighted by Crippen LogP contribution is 2.43. The Morgan fingerprint density at radius 3 is 2.59 bits per heavy atom. The summed E-state index contributed by atoms with van der Waals surface area (Å²) < 4.78 is 46.7. The number of nitrogens with zero attached hydrogens (tertiary/aromatic N) is 8. The van der Waals surface area contributed by atoms with Crippen LogP contribution < -0.4 is 35.8 Å². The monoisotopic (exact) mass is 1130 g/mol. The van der Waals surface area contributed by atoms with Crippen molar-refractivity contribution in [2.24, 2.45) is 13.0 Å². The molecule has 7 aromatic rings. The molecule has 3 aromatic carbocycles. The van der Waals surface area contributed by atoms with Crippen molar-refractivity contribution in [3.63, 3.8) is 0 Å². The largest absolute Gasteiger partial charge is 0.508 e. The van der Waals surface area contributed by atoms with E-state index in [1.54, 1.807) is 23.3 Å². The summed E-state index contributed by atoms with van der Waals surface area (Å²) in [6, 6.07) is 15.8. The van der Waals surface area contributed by atoms with Crippen LogP contribution in [0.5, 0.6) is 11.8 Å². The number of carbonyl (C=O) groups is 2. The second-order valence-corrected chi connectivity index (χ2v) is 24.3. The summed E-state index contributed by atoms with van der Waals surface area (Å²) in [6.07, 6.45) is 18.5. The molecule has 83 heavy (non-hydrogen) atoms. The molecule has 20 heteroatoms. The van der Waals surface area contributed by atoms with Crippen molar-refractivity contribution in [1.82, 2.24) is 51.2 Å². The van der Waals surface area contributed by atoms with E-state index in [2.05, 4.69) is 57.2 Å². The topological polar surface area (TPSA) is 221 Å². The van der Waals surface area contributed by atoms with Crippen molar-refractivity contribution in [3.8, 4) is 46.6 Å². The molecule has 8 atom stereocenters. The van der Waals surface area contributed by atoms with Crippen LogP contribution in [0.25, 0.3) is 44.2 Å². The molecule has 0 saturated carbocycles. The number of phenols is 1. The van der Waals surface area contributed by atoms with E-state index in [0.717, 1.165) is 87.0 Å². The van der Waals surface area contributed by atoms with Gasteiger partial charge in [-0.1, -0.05) is 55.3 Å². The van der Waals surface area contributed by atoms with E-state index < -0.39 is 40.6 Å². The number of ether oxygens (including phenoxy) is 1. The number of anilines is 2. The van der Waals surface area contributed by atoms with Gasteiger partial charge in [0.2, 0.25) is 5.91 Å². The van der Waals surface area contributed by atoms with Crippen LogP contribution in [0.2, 0.25) is 0 Å². The van der Waals surface area contributed by atoms with Crippen molar-refractivity contribution in [2.75, 3.05) is 49.1 Å². The first kappa shape index (κ1) is 55.9. The molecule has 5 saturated heterocycles. The first-order valence-corrected chi connectivity index (χ1v) is 29.3. The molecule has 0 aliphatic carbocycles. The quantitative estimate of drug-likeness (QED) is 0.0377. The number of piperazine rings is 1. The van der Waals surface area contributed by atoms with Crippen LogP contribution in [0, 0.1) is 29.9 Å². The van der Waals surface area contributed by atoms with Gasteiger partial charge in [0.1, 0.15) is 34.3 Å². The van der Waals surface area contributed by atoms with Crippen LogP contribution in [0.3, 0.4) is 0 Å². The third-order valence-electron chi connectivity index (χ3n) is 18.1. The number of piperidine rings is 2. The molecule has 4 aromatic heterocycles. The molecular weight excluding hydrogens is 1060 g/mol. The third kappa shape index (κ3) is 11.0. The standard InChI is InChI=1S/C63H72F2N12O6/c1-6-47-50(64)17-14-40-27-45(78)28-48(54(40)47)56-55(65)57-49(32-67-56)59(76-34-42-15-16-43(35-76)72-42)74-61(73-57)82-24-20-41-25-37(18-21-66-41)26-44-9-7-8-23-77(44)52-33-70-83-58(52)62(3,4)30-53(80)63(29-46(79)31-68-63)60(81)71-36(2)38-10-12-39(13-11-38)51-19-22-69-75(51)5/h1,10-14,17,19,22,27-28,32-33,36-37,41-44,46,66,68,72,78-79H,7-9,15-16,18,20-21,23-26,29-31,34-35H2,2-5H3,(H,71,81)/t36-,37?,41?,42?,43?,44?,46?,63+/m0/s1. The van der Waals surface area contributed by atoms with Crippen molar-refractivity contribution in [2.45, 2.75) is 139 Å². The van der Waals surface area contributed by atoms with Gasteiger partial charge < -0.3 is 45.2 Å². The molecule has 9 heterocycles. The second kappa shape index (κ2) is 22.9. The van der Waals surface area contributed by atoms with Crippen LogP contribution in [0.1, 0.15) is 114 Å². The lowest BCUT2D eigenvalue weighted by molar-refractivity contribution is -0.138. The van der Waals surface area contributed by atoms with Crippen molar-refractivity contribution in [1.29, 1.82) is 0 Å². The summed E-state index contributed by atoms with van der Waals surface area (Å²) in [5, 5.41) is 44.9. The van der Waals surface area contributed by atoms with Crippen LogP contribution in [-0.2, 0) is 22.1 Å². The lowest BCUT2D eigenvalue weighted by atomic mass is 9.77. The summed E-state index contributed by atoms with van der Waals surface area (Å²) in [5.41, 5.74) is 1.14. The fraction of sp³-hybridized carbons (Fsp3) is 0.476. The maximum atomic E-state index is 17.2. The van der Waals surface area contributed by atoms with Crippen LogP contribution in [0.15, 0.2) is 77.7 Å². The van der Waals surface area contributed by atoms with Crippen LogP contribution >= 0.6 is 0 Å². The average molecular weight is 1130 g/mol. The Labute approximate surface area is 481 Å². The number of aliphatic hydroxyl groups is 1. The summed E-state index contributed by atoms with van der Waals surface area (Å²) in [4.78, 5) is 47.8. The molecule has 2 bridgehead atoms. The number of terminal acetylenes is 1. The molecular formula is C63H72F2N12O6. The van der Waals surface area contributed by atoms with E-state index in [-0.39, 0.29) is 95.4 Å². The Hall–Kier alpha value is -7.57. The lowest BCUT2D eigenvalue weighted by Gasteiger charge is -2.41. The number of pyridine rings is 1. The minimum atomic E-state index is -1.64. The van der Waals surface area contributed by atoms with Crippen LogP contribution in [0.4, 0.5) is 20.3 Å². The molecule has 5 aliphatic heterocycles. The molecule has 434 valence electrons. The molecule has 12 rings (SSSR count). The van der Waals surface area contributed by atoms with E-state index in [1.165, 1.54) is 24.3 Å². The molecule has 18 nitrogen and oxygen atoms in total. The van der Waals surface area contributed by atoms with E-state index in [9.17, 15) is 19.8 Å². The van der Waals surface area contributed by atoms with Gasteiger partial charge in [0, 0.05) is 99.0 Å². The van der Waals surface area contributed by atoms with Gasteiger partial charge in [0.25, 0.3) is 0 Å². The number of aromatic nitrogens is 6. The summed E-state index contributed by atoms with van der Waals surface area (Å²) >= 11 is 0. The number of β-amino-alcohol motifs (C(OH)–C–C–N with tert-alkyl or cyclic N) is 1. The van der Waals surface area contributed by atoms with Crippen molar-refractivity contribution in [3.05, 3.63) is 102 Å². The Morgan fingerprint density at radius 1 is 1.04 bits per heavy atom. The number of nitrogens with one attached hydrogen (secondary N) is 4.